The van der Waals surface area contributed by atoms with Crippen molar-refractivity contribution in [2.45, 2.75) is 80.9 Å². The average Bonchev–Trinajstić information content (AvgIpc) is 3.68. The molecule has 1 saturated heterocycles. The van der Waals surface area contributed by atoms with Crippen LogP contribution >= 0.6 is 0 Å². The number of amides is 3. The molecule has 13 heteroatoms. The number of para-hydroxylation sites is 1. The molecule has 12 nitrogen and oxygen atoms in total. The predicted molar refractivity (Wildman–Crippen MR) is 198 cm³/mol. The molecule has 2 aliphatic heterocycles. The fourth-order valence-corrected chi connectivity index (χ4v) is 8.74. The molecular formula is C40H44N4O8S. The van der Waals surface area contributed by atoms with Gasteiger partial charge in [0, 0.05) is 36.4 Å². The minimum atomic E-state index is -4.34. The number of methoxy groups -OCH3 is 1. The van der Waals surface area contributed by atoms with Gasteiger partial charge in [-0.15, -0.1) is 0 Å². The summed E-state index contributed by atoms with van der Waals surface area (Å²) < 4.78 is 47.3. The summed E-state index contributed by atoms with van der Waals surface area (Å²) in [5.74, 6) is -0.552. The van der Waals surface area contributed by atoms with Crippen LogP contribution in [0.4, 0.5) is 0 Å². The van der Waals surface area contributed by atoms with Gasteiger partial charge in [0.2, 0.25) is 11.8 Å². The molecule has 3 aliphatic rings. The molecule has 0 spiro atoms. The summed E-state index contributed by atoms with van der Waals surface area (Å²) in [6.07, 6.45) is 5.01. The van der Waals surface area contributed by atoms with E-state index >= 15 is 0 Å². The molecule has 0 unspecified atom stereocenters. The number of aromatic nitrogens is 1. The van der Waals surface area contributed by atoms with Gasteiger partial charge in [-0.3, -0.25) is 14.4 Å². The Morgan fingerprint density at radius 3 is 2.53 bits per heavy atom. The van der Waals surface area contributed by atoms with Crippen LogP contribution in [0.2, 0.25) is 0 Å². The number of sulfonamides is 1. The van der Waals surface area contributed by atoms with E-state index in [9.17, 15) is 22.8 Å². The van der Waals surface area contributed by atoms with Gasteiger partial charge in [-0.05, 0) is 49.4 Å². The van der Waals surface area contributed by atoms with Gasteiger partial charge in [0.1, 0.15) is 39.8 Å². The number of pyridine rings is 1. The van der Waals surface area contributed by atoms with Crippen LogP contribution in [0.5, 0.6) is 17.2 Å². The van der Waals surface area contributed by atoms with E-state index in [-0.39, 0.29) is 35.4 Å². The third kappa shape index (κ3) is 7.66. The highest BCUT2D eigenvalue weighted by atomic mass is 32.2. The lowest BCUT2D eigenvalue weighted by molar-refractivity contribution is -0.138. The van der Waals surface area contributed by atoms with Crippen LogP contribution in [0, 0.1) is 5.92 Å². The Morgan fingerprint density at radius 1 is 0.981 bits per heavy atom. The summed E-state index contributed by atoms with van der Waals surface area (Å²) in [7, 11) is -2.75. The molecule has 278 valence electrons. The number of nitrogens with one attached hydrogen (secondary N) is 2. The highest BCUT2D eigenvalue weighted by Crippen LogP contribution is 2.48. The highest BCUT2D eigenvalue weighted by Gasteiger charge is 2.62. The molecule has 3 heterocycles. The molecule has 7 rings (SSSR count). The number of fused-ring (bicyclic) bond motifs is 3. The topological polar surface area (TPSA) is 153 Å². The first kappa shape index (κ1) is 36.2. The number of ether oxygens (including phenoxy) is 3. The van der Waals surface area contributed by atoms with Crippen LogP contribution in [0.3, 0.4) is 0 Å². The summed E-state index contributed by atoms with van der Waals surface area (Å²) in [5.41, 5.74) is 0.807. The monoisotopic (exact) mass is 740 g/mol. The lowest BCUT2D eigenvalue weighted by Gasteiger charge is -2.26. The maximum atomic E-state index is 14.2. The van der Waals surface area contributed by atoms with E-state index in [2.05, 4.69) is 10.0 Å². The summed E-state index contributed by atoms with van der Waals surface area (Å²) in [5, 5.41) is 3.68. The van der Waals surface area contributed by atoms with Crippen LogP contribution in [-0.4, -0.2) is 74.0 Å². The Balaban J connectivity index is 1.14. The van der Waals surface area contributed by atoms with E-state index in [0.29, 0.717) is 42.2 Å². The van der Waals surface area contributed by atoms with Crippen molar-refractivity contribution in [3.05, 3.63) is 78.9 Å². The summed E-state index contributed by atoms with van der Waals surface area (Å²) in [4.78, 5) is 47.3. The normalized spacial score (nSPS) is 24.3. The third-order valence-electron chi connectivity index (χ3n) is 10.5. The van der Waals surface area contributed by atoms with Crippen molar-refractivity contribution in [3.63, 3.8) is 0 Å². The molecule has 0 radical (unpaired) electrons. The zero-order valence-electron chi connectivity index (χ0n) is 29.9. The fourth-order valence-electron chi connectivity index (χ4n) is 7.55. The zero-order valence-corrected chi connectivity index (χ0v) is 30.7. The molecule has 1 aliphatic carbocycles. The molecule has 4 aromatic rings. The van der Waals surface area contributed by atoms with E-state index in [1.807, 2.05) is 54.6 Å². The summed E-state index contributed by atoms with van der Waals surface area (Å²) in [6.45, 7) is 1.90. The largest absolute Gasteiger partial charge is 0.497 e. The van der Waals surface area contributed by atoms with Crippen molar-refractivity contribution in [3.8, 4) is 28.5 Å². The Bertz CT molecular complexity index is 2130. The number of carbonyl (C=O) groups excluding carboxylic acids is 3. The van der Waals surface area contributed by atoms with Gasteiger partial charge in [0.25, 0.3) is 15.9 Å². The maximum Gasteiger partial charge on any atom is 0.267 e. The van der Waals surface area contributed by atoms with Crippen molar-refractivity contribution < 1.29 is 37.0 Å². The first-order chi connectivity index (χ1) is 25.6. The van der Waals surface area contributed by atoms with E-state index in [1.165, 1.54) is 17.9 Å². The lowest BCUT2D eigenvalue weighted by Crippen LogP contribution is -2.56. The second-order valence-electron chi connectivity index (χ2n) is 14.1. The van der Waals surface area contributed by atoms with Crippen molar-refractivity contribution in [1.82, 2.24) is 19.9 Å². The zero-order chi connectivity index (χ0) is 37.2. The van der Waals surface area contributed by atoms with E-state index < -0.39 is 39.5 Å². The minimum absolute atomic E-state index is 0.141. The summed E-state index contributed by atoms with van der Waals surface area (Å²) in [6, 6.07) is 22.3. The second kappa shape index (κ2) is 15.1. The SMILES string of the molecule is COc1ccc2c(O[C@@H]3C[C@@H](C(=O)N[C@]45C[C@@H]4CCCCCCCOc4ccccc4S(=O)(=O)NC5=O)N(C(C)=O)C3)cc(-c3ccccc3)nc2c1. The number of benzene rings is 3. The first-order valence-electron chi connectivity index (χ1n) is 18.2. The van der Waals surface area contributed by atoms with Crippen molar-refractivity contribution in [2.24, 2.45) is 5.92 Å². The van der Waals surface area contributed by atoms with Crippen LogP contribution < -0.4 is 24.2 Å². The number of hydrogen-bond acceptors (Lipinski definition) is 9. The van der Waals surface area contributed by atoms with Gasteiger partial charge in [-0.1, -0.05) is 68.1 Å². The van der Waals surface area contributed by atoms with Gasteiger partial charge in [-0.25, -0.2) is 18.1 Å². The predicted octanol–water partition coefficient (Wildman–Crippen LogP) is 5.39. The molecule has 2 N–H and O–H groups in total. The quantitative estimate of drug-likeness (QED) is 0.265. The Labute approximate surface area is 309 Å². The molecule has 1 saturated carbocycles. The second-order valence-corrected chi connectivity index (χ2v) is 15.7. The smallest absolute Gasteiger partial charge is 0.267 e. The third-order valence-corrected chi connectivity index (χ3v) is 11.9. The molecular weight excluding hydrogens is 697 g/mol. The Hall–Kier alpha value is -5.17. The van der Waals surface area contributed by atoms with Crippen molar-refractivity contribution in [1.29, 1.82) is 0 Å². The molecule has 3 amide bonds. The fraction of sp³-hybridized carbons (Fsp3) is 0.400. The van der Waals surface area contributed by atoms with Crippen LogP contribution in [0.1, 0.15) is 58.3 Å². The number of likely N-dealkylation sites (tertiary alicyclic amines) is 1. The van der Waals surface area contributed by atoms with Crippen molar-refractivity contribution >= 4 is 38.6 Å². The Morgan fingerprint density at radius 2 is 1.74 bits per heavy atom. The molecule has 3 aromatic carbocycles. The highest BCUT2D eigenvalue weighted by molar-refractivity contribution is 7.90. The molecule has 2 fully saturated rings. The average molecular weight is 741 g/mol. The van der Waals surface area contributed by atoms with E-state index in [0.717, 1.165) is 43.1 Å². The van der Waals surface area contributed by atoms with Crippen LogP contribution in [0.15, 0.2) is 83.8 Å². The minimum Gasteiger partial charge on any atom is -0.497 e. The molecule has 53 heavy (non-hydrogen) atoms. The summed E-state index contributed by atoms with van der Waals surface area (Å²) >= 11 is 0. The maximum absolute atomic E-state index is 14.2. The molecule has 1 aromatic heterocycles. The Kier molecular flexibility index (Phi) is 10.3. The van der Waals surface area contributed by atoms with Gasteiger partial charge in [0.05, 0.1) is 31.5 Å². The van der Waals surface area contributed by atoms with Crippen LogP contribution in [0.25, 0.3) is 22.2 Å². The number of rotatable bonds is 6. The van der Waals surface area contributed by atoms with Gasteiger partial charge >= 0.3 is 0 Å². The van der Waals surface area contributed by atoms with Crippen LogP contribution in [-0.2, 0) is 24.4 Å². The lowest BCUT2D eigenvalue weighted by atomic mass is 10.0. The number of nitrogens with zero attached hydrogens (tertiary/aromatic N) is 2. The molecule has 0 bridgehead atoms. The van der Waals surface area contributed by atoms with Gasteiger partial charge in [-0.2, -0.15) is 0 Å². The standard InChI is InChI=1S/C40H44N4O8S/c1-26(45)44-25-30(52-36-23-32(27-13-7-6-8-14-27)41-33-21-29(50-2)18-19-31(33)36)22-34(44)38(46)42-40-24-28(40)15-9-4-3-5-12-20-51-35-16-10-11-17-37(35)53(48,49)43-39(40)47/h6-8,10-11,13-14,16-19,21,23,28,30,34H,3-5,9,12,15,20,22,24-25H2,1-2H3,(H,42,46)(H,43,47)/t28-,30+,34-,40+/m0/s1. The van der Waals surface area contributed by atoms with E-state index in [4.69, 9.17) is 19.2 Å². The van der Waals surface area contributed by atoms with Crippen molar-refractivity contribution in [2.75, 3.05) is 20.3 Å². The number of carbonyl (C=O) groups is 3. The number of hydrogen-bond donors (Lipinski definition) is 2. The molecule has 4 atom stereocenters. The van der Waals surface area contributed by atoms with Gasteiger partial charge in [0.15, 0.2) is 0 Å². The van der Waals surface area contributed by atoms with Gasteiger partial charge < -0.3 is 24.4 Å². The first-order valence-corrected chi connectivity index (χ1v) is 19.7. The van der Waals surface area contributed by atoms with E-state index in [1.54, 1.807) is 25.3 Å².